The molecule has 0 spiro atoms. The standard InChI is InChI=1S/C13H19N3O5S/c1-21-12-3-2-11(16(17)18)8-13(12)22(19,20)15-6-4-10(9-14)5-7-15/h2-3,8,10H,4-7,9,14H2,1H3. The third-order valence-electron chi connectivity index (χ3n) is 3.88. The van der Waals surface area contributed by atoms with Gasteiger partial charge < -0.3 is 10.5 Å². The fraction of sp³-hybridized carbons (Fsp3) is 0.538. The third-order valence-corrected chi connectivity index (χ3v) is 5.80. The number of hydrogen-bond acceptors (Lipinski definition) is 6. The van der Waals surface area contributed by atoms with E-state index in [2.05, 4.69) is 0 Å². The van der Waals surface area contributed by atoms with E-state index >= 15 is 0 Å². The predicted octanol–water partition coefficient (Wildman–Crippen LogP) is 0.963. The number of nitrogens with zero attached hydrogens (tertiary/aromatic N) is 2. The van der Waals surface area contributed by atoms with Crippen molar-refractivity contribution in [3.63, 3.8) is 0 Å². The molecule has 22 heavy (non-hydrogen) atoms. The summed E-state index contributed by atoms with van der Waals surface area (Å²) in [6.45, 7) is 1.25. The highest BCUT2D eigenvalue weighted by atomic mass is 32.2. The molecule has 122 valence electrons. The minimum Gasteiger partial charge on any atom is -0.495 e. The number of piperidine rings is 1. The second kappa shape index (κ2) is 6.59. The summed E-state index contributed by atoms with van der Waals surface area (Å²) in [6.07, 6.45) is 1.37. The first-order valence-electron chi connectivity index (χ1n) is 6.92. The molecule has 1 aliphatic heterocycles. The van der Waals surface area contributed by atoms with Gasteiger partial charge in [0, 0.05) is 25.2 Å². The topological polar surface area (TPSA) is 116 Å². The van der Waals surface area contributed by atoms with Gasteiger partial charge in [-0.05, 0) is 31.4 Å². The van der Waals surface area contributed by atoms with Gasteiger partial charge in [-0.15, -0.1) is 0 Å². The summed E-state index contributed by atoms with van der Waals surface area (Å²) in [6, 6.07) is 3.57. The summed E-state index contributed by atoms with van der Waals surface area (Å²) in [5.41, 5.74) is 5.32. The van der Waals surface area contributed by atoms with Gasteiger partial charge in [0.2, 0.25) is 10.0 Å². The number of hydrogen-bond donors (Lipinski definition) is 1. The maximum Gasteiger partial charge on any atom is 0.271 e. The number of nitro groups is 1. The fourth-order valence-corrected chi connectivity index (χ4v) is 4.15. The highest BCUT2D eigenvalue weighted by molar-refractivity contribution is 7.89. The molecule has 0 radical (unpaired) electrons. The van der Waals surface area contributed by atoms with Crippen LogP contribution in [-0.2, 0) is 10.0 Å². The highest BCUT2D eigenvalue weighted by Gasteiger charge is 2.32. The Morgan fingerprint density at radius 1 is 1.41 bits per heavy atom. The Morgan fingerprint density at radius 2 is 2.05 bits per heavy atom. The molecule has 0 unspecified atom stereocenters. The number of nitro benzene ring substituents is 1. The first kappa shape index (κ1) is 16.7. The average molecular weight is 329 g/mol. The van der Waals surface area contributed by atoms with Crippen molar-refractivity contribution in [3.05, 3.63) is 28.3 Å². The molecule has 1 heterocycles. The summed E-state index contributed by atoms with van der Waals surface area (Å²) in [4.78, 5) is 10.1. The van der Waals surface area contributed by atoms with Gasteiger partial charge in [0.1, 0.15) is 10.6 Å². The summed E-state index contributed by atoms with van der Waals surface area (Å²) < 4.78 is 31.8. The van der Waals surface area contributed by atoms with Crippen molar-refractivity contribution >= 4 is 15.7 Å². The van der Waals surface area contributed by atoms with E-state index in [1.807, 2.05) is 0 Å². The smallest absolute Gasteiger partial charge is 0.271 e. The van der Waals surface area contributed by atoms with E-state index in [1.165, 1.54) is 23.5 Å². The van der Waals surface area contributed by atoms with Crippen LogP contribution in [0.1, 0.15) is 12.8 Å². The predicted molar refractivity (Wildman–Crippen MR) is 80.2 cm³/mol. The molecule has 0 saturated carbocycles. The van der Waals surface area contributed by atoms with Crippen LogP contribution in [0, 0.1) is 16.0 Å². The lowest BCUT2D eigenvalue weighted by Crippen LogP contribution is -2.40. The van der Waals surface area contributed by atoms with E-state index in [1.54, 1.807) is 0 Å². The molecule has 9 heteroatoms. The molecule has 1 fully saturated rings. The largest absolute Gasteiger partial charge is 0.495 e. The summed E-state index contributed by atoms with van der Waals surface area (Å²) in [7, 11) is -2.50. The Hall–Kier alpha value is -1.71. The Morgan fingerprint density at radius 3 is 2.55 bits per heavy atom. The second-order valence-corrected chi connectivity index (χ2v) is 7.08. The lowest BCUT2D eigenvalue weighted by Gasteiger charge is -2.30. The Bertz CT molecular complexity index is 654. The van der Waals surface area contributed by atoms with Crippen molar-refractivity contribution in [1.82, 2.24) is 4.31 Å². The van der Waals surface area contributed by atoms with Gasteiger partial charge in [-0.25, -0.2) is 8.42 Å². The molecule has 0 aromatic heterocycles. The van der Waals surface area contributed by atoms with E-state index in [0.29, 0.717) is 38.4 Å². The van der Waals surface area contributed by atoms with Crippen molar-refractivity contribution in [2.75, 3.05) is 26.7 Å². The third kappa shape index (κ3) is 3.21. The van der Waals surface area contributed by atoms with E-state index < -0.39 is 14.9 Å². The van der Waals surface area contributed by atoms with E-state index in [4.69, 9.17) is 10.5 Å². The lowest BCUT2D eigenvalue weighted by atomic mass is 9.99. The maximum absolute atomic E-state index is 12.7. The van der Waals surface area contributed by atoms with Crippen LogP contribution in [0.2, 0.25) is 0 Å². The van der Waals surface area contributed by atoms with Crippen molar-refractivity contribution in [2.45, 2.75) is 17.7 Å². The molecule has 1 aliphatic rings. The summed E-state index contributed by atoms with van der Waals surface area (Å²) in [5, 5.41) is 10.9. The van der Waals surface area contributed by atoms with Crippen LogP contribution in [0.3, 0.4) is 0 Å². The minimum atomic E-state index is -3.83. The SMILES string of the molecule is COc1ccc([N+](=O)[O-])cc1S(=O)(=O)N1CCC(CN)CC1. The van der Waals surface area contributed by atoms with Crippen LogP contribution >= 0.6 is 0 Å². The molecule has 1 aromatic rings. The first-order valence-corrected chi connectivity index (χ1v) is 8.36. The van der Waals surface area contributed by atoms with Crippen molar-refractivity contribution in [1.29, 1.82) is 0 Å². The van der Waals surface area contributed by atoms with Crippen LogP contribution in [0.4, 0.5) is 5.69 Å². The molecule has 8 nitrogen and oxygen atoms in total. The normalized spacial score (nSPS) is 17.4. The Kier molecular flexibility index (Phi) is 4.99. The number of sulfonamides is 1. The van der Waals surface area contributed by atoms with Gasteiger partial charge in [-0.1, -0.05) is 0 Å². The van der Waals surface area contributed by atoms with E-state index in [9.17, 15) is 18.5 Å². The van der Waals surface area contributed by atoms with Crippen LogP contribution in [0.5, 0.6) is 5.75 Å². The molecular weight excluding hydrogens is 310 g/mol. The molecule has 0 aliphatic carbocycles. The lowest BCUT2D eigenvalue weighted by molar-refractivity contribution is -0.385. The molecule has 0 bridgehead atoms. The Labute approximate surface area is 129 Å². The van der Waals surface area contributed by atoms with Crippen LogP contribution < -0.4 is 10.5 Å². The summed E-state index contributed by atoms with van der Waals surface area (Å²) >= 11 is 0. The number of rotatable bonds is 5. The average Bonchev–Trinajstić information content (AvgIpc) is 2.54. The Balaban J connectivity index is 2.36. The number of methoxy groups -OCH3 is 1. The molecule has 2 rings (SSSR count). The quantitative estimate of drug-likeness (QED) is 0.635. The van der Waals surface area contributed by atoms with Crippen LogP contribution in [-0.4, -0.2) is 44.4 Å². The molecule has 1 aromatic carbocycles. The van der Waals surface area contributed by atoms with Crippen LogP contribution in [0.15, 0.2) is 23.1 Å². The number of non-ortho nitro benzene ring substituents is 1. The number of nitrogens with two attached hydrogens (primary N) is 1. The van der Waals surface area contributed by atoms with Crippen molar-refractivity contribution in [2.24, 2.45) is 11.7 Å². The zero-order valence-electron chi connectivity index (χ0n) is 12.3. The van der Waals surface area contributed by atoms with Gasteiger partial charge >= 0.3 is 0 Å². The van der Waals surface area contributed by atoms with Crippen molar-refractivity contribution in [3.8, 4) is 5.75 Å². The van der Waals surface area contributed by atoms with E-state index in [-0.39, 0.29) is 16.3 Å². The first-order chi connectivity index (χ1) is 10.4. The molecule has 0 atom stereocenters. The van der Waals surface area contributed by atoms with Gasteiger partial charge in [0.15, 0.2) is 0 Å². The van der Waals surface area contributed by atoms with Gasteiger partial charge in [0.25, 0.3) is 5.69 Å². The van der Waals surface area contributed by atoms with E-state index in [0.717, 1.165) is 6.07 Å². The monoisotopic (exact) mass is 329 g/mol. The minimum absolute atomic E-state index is 0.103. The second-order valence-electron chi connectivity index (χ2n) is 5.18. The molecule has 2 N–H and O–H groups in total. The van der Waals surface area contributed by atoms with Crippen LogP contribution in [0.25, 0.3) is 0 Å². The zero-order valence-corrected chi connectivity index (χ0v) is 13.1. The number of ether oxygens (including phenoxy) is 1. The maximum atomic E-state index is 12.7. The molecular formula is C13H19N3O5S. The van der Waals surface area contributed by atoms with Gasteiger partial charge in [-0.3, -0.25) is 10.1 Å². The zero-order chi connectivity index (χ0) is 16.3. The van der Waals surface area contributed by atoms with Crippen molar-refractivity contribution < 1.29 is 18.1 Å². The number of benzene rings is 1. The molecule has 0 amide bonds. The highest BCUT2D eigenvalue weighted by Crippen LogP contribution is 2.32. The fourth-order valence-electron chi connectivity index (χ4n) is 2.50. The van der Waals surface area contributed by atoms with Gasteiger partial charge in [0.05, 0.1) is 12.0 Å². The summed E-state index contributed by atoms with van der Waals surface area (Å²) in [5.74, 6) is 0.421. The van der Waals surface area contributed by atoms with Gasteiger partial charge in [-0.2, -0.15) is 4.31 Å². The molecule has 1 saturated heterocycles.